The number of hydrogen-bond donors (Lipinski definition) is 2. The molecule has 0 saturated carbocycles. The molecule has 0 bridgehead atoms. The summed E-state index contributed by atoms with van der Waals surface area (Å²) < 4.78 is 23.2. The standard InChI is InChI=1S/C11H15BrN2O3S/c1-6-4-8(12)10(5-9(6)13)14-11(15)7(2)18(3,16)17/h4-5,7H,13H2,1-3H3,(H,14,15). The van der Waals surface area contributed by atoms with E-state index in [9.17, 15) is 13.2 Å². The minimum absolute atomic E-state index is 0.457. The van der Waals surface area contributed by atoms with E-state index in [0.29, 0.717) is 15.8 Å². The topological polar surface area (TPSA) is 89.3 Å². The molecule has 5 nitrogen and oxygen atoms in total. The lowest BCUT2D eigenvalue weighted by atomic mass is 10.2. The van der Waals surface area contributed by atoms with Gasteiger partial charge < -0.3 is 11.1 Å². The van der Waals surface area contributed by atoms with Gasteiger partial charge in [-0.05, 0) is 47.5 Å². The highest BCUT2D eigenvalue weighted by molar-refractivity contribution is 9.10. The van der Waals surface area contributed by atoms with Gasteiger partial charge in [-0.1, -0.05) is 0 Å². The molecule has 1 aromatic carbocycles. The van der Waals surface area contributed by atoms with Crippen LogP contribution in [0.4, 0.5) is 11.4 Å². The number of benzene rings is 1. The monoisotopic (exact) mass is 334 g/mol. The van der Waals surface area contributed by atoms with Crippen LogP contribution in [-0.4, -0.2) is 25.8 Å². The van der Waals surface area contributed by atoms with Crippen LogP contribution in [-0.2, 0) is 14.6 Å². The van der Waals surface area contributed by atoms with Crippen LogP contribution < -0.4 is 11.1 Å². The van der Waals surface area contributed by atoms with E-state index in [2.05, 4.69) is 21.2 Å². The average molecular weight is 335 g/mol. The van der Waals surface area contributed by atoms with Gasteiger partial charge in [-0.25, -0.2) is 8.42 Å². The Morgan fingerprint density at radius 3 is 2.50 bits per heavy atom. The summed E-state index contributed by atoms with van der Waals surface area (Å²) in [5.74, 6) is -0.582. The molecule has 0 saturated heterocycles. The molecule has 0 aliphatic carbocycles. The highest BCUT2D eigenvalue weighted by Gasteiger charge is 2.24. The van der Waals surface area contributed by atoms with Crippen molar-refractivity contribution in [2.45, 2.75) is 19.1 Å². The van der Waals surface area contributed by atoms with Crippen molar-refractivity contribution in [1.29, 1.82) is 0 Å². The van der Waals surface area contributed by atoms with Gasteiger partial charge in [-0.15, -0.1) is 0 Å². The van der Waals surface area contributed by atoms with Crippen LogP contribution in [0.3, 0.4) is 0 Å². The number of nitrogens with two attached hydrogens (primary N) is 1. The van der Waals surface area contributed by atoms with Gasteiger partial charge in [-0.2, -0.15) is 0 Å². The third kappa shape index (κ3) is 3.46. The van der Waals surface area contributed by atoms with Crippen LogP contribution in [0.5, 0.6) is 0 Å². The van der Waals surface area contributed by atoms with Gasteiger partial charge >= 0.3 is 0 Å². The van der Waals surface area contributed by atoms with Crippen LogP contribution in [0.15, 0.2) is 16.6 Å². The number of carbonyl (C=O) groups excluding carboxylic acids is 1. The van der Waals surface area contributed by atoms with Gasteiger partial charge in [0.2, 0.25) is 5.91 Å². The van der Waals surface area contributed by atoms with Gasteiger partial charge in [0.25, 0.3) is 0 Å². The molecule has 0 radical (unpaired) electrons. The van der Waals surface area contributed by atoms with Crippen molar-refractivity contribution in [3.05, 3.63) is 22.2 Å². The highest BCUT2D eigenvalue weighted by atomic mass is 79.9. The number of nitrogen functional groups attached to an aromatic ring is 1. The minimum Gasteiger partial charge on any atom is -0.398 e. The molecule has 1 unspecified atom stereocenters. The highest BCUT2D eigenvalue weighted by Crippen LogP contribution is 2.28. The maximum absolute atomic E-state index is 11.8. The first-order valence-corrected chi connectivity index (χ1v) is 7.93. The number of rotatable bonds is 3. The largest absolute Gasteiger partial charge is 0.398 e. The fourth-order valence-corrected chi connectivity index (χ4v) is 2.22. The van der Waals surface area contributed by atoms with Crippen molar-refractivity contribution in [3.63, 3.8) is 0 Å². The number of hydrogen-bond acceptors (Lipinski definition) is 4. The fraction of sp³-hybridized carbons (Fsp3) is 0.364. The fourth-order valence-electron chi connectivity index (χ4n) is 1.21. The van der Waals surface area contributed by atoms with Crippen LogP contribution in [0.2, 0.25) is 0 Å². The Labute approximate surface area is 115 Å². The van der Waals surface area contributed by atoms with Gasteiger partial charge in [-0.3, -0.25) is 4.79 Å². The molecule has 0 aliphatic heterocycles. The van der Waals surface area contributed by atoms with E-state index >= 15 is 0 Å². The third-order valence-electron chi connectivity index (χ3n) is 2.63. The number of anilines is 2. The number of aryl methyl sites for hydroxylation is 1. The smallest absolute Gasteiger partial charge is 0.242 e. The molecule has 0 spiro atoms. The first kappa shape index (κ1) is 15.0. The molecule has 3 N–H and O–H groups in total. The second kappa shape index (κ2) is 5.27. The van der Waals surface area contributed by atoms with Crippen LogP contribution >= 0.6 is 15.9 Å². The van der Waals surface area contributed by atoms with Gasteiger partial charge in [0.1, 0.15) is 5.25 Å². The van der Waals surface area contributed by atoms with E-state index in [-0.39, 0.29) is 0 Å². The molecule has 1 amide bonds. The van der Waals surface area contributed by atoms with Crippen LogP contribution in [0.1, 0.15) is 12.5 Å². The van der Waals surface area contributed by atoms with E-state index in [1.54, 1.807) is 12.1 Å². The number of amides is 1. The molecule has 1 aromatic rings. The summed E-state index contributed by atoms with van der Waals surface area (Å²) in [5, 5.41) is 1.43. The first-order valence-electron chi connectivity index (χ1n) is 5.18. The quantitative estimate of drug-likeness (QED) is 0.823. The molecule has 7 heteroatoms. The van der Waals surface area contributed by atoms with Crippen LogP contribution in [0, 0.1) is 6.92 Å². The summed E-state index contributed by atoms with van der Waals surface area (Å²) in [7, 11) is -3.41. The van der Waals surface area contributed by atoms with E-state index < -0.39 is 21.0 Å². The minimum atomic E-state index is -3.41. The van der Waals surface area contributed by atoms with Gasteiger partial charge in [0.05, 0.1) is 5.69 Å². The number of nitrogens with one attached hydrogen (secondary N) is 1. The average Bonchev–Trinajstić information content (AvgIpc) is 2.23. The summed E-state index contributed by atoms with van der Waals surface area (Å²) in [6.45, 7) is 3.18. The Morgan fingerprint density at radius 1 is 1.44 bits per heavy atom. The molecular formula is C11H15BrN2O3S. The Hall–Kier alpha value is -1.08. The number of halogens is 1. The molecule has 0 heterocycles. The molecule has 100 valence electrons. The number of carbonyl (C=O) groups is 1. The normalized spacial score (nSPS) is 13.1. The van der Waals surface area contributed by atoms with Gasteiger partial charge in [0, 0.05) is 16.4 Å². The summed E-state index contributed by atoms with van der Waals surface area (Å²) in [6, 6.07) is 3.35. The van der Waals surface area contributed by atoms with Crippen molar-refractivity contribution in [1.82, 2.24) is 0 Å². The Balaban J connectivity index is 2.99. The maximum atomic E-state index is 11.8. The lowest BCUT2D eigenvalue weighted by Gasteiger charge is -2.13. The van der Waals surface area contributed by atoms with E-state index in [1.807, 2.05) is 6.92 Å². The second-order valence-corrected chi connectivity index (χ2v) is 7.37. The van der Waals surface area contributed by atoms with Crippen molar-refractivity contribution in [2.75, 3.05) is 17.3 Å². The van der Waals surface area contributed by atoms with Gasteiger partial charge in [0.15, 0.2) is 9.84 Å². The Kier molecular flexibility index (Phi) is 4.39. The van der Waals surface area contributed by atoms with Crippen molar-refractivity contribution in [2.24, 2.45) is 0 Å². The number of sulfone groups is 1. The third-order valence-corrected chi connectivity index (χ3v) is 4.78. The zero-order chi connectivity index (χ0) is 14.1. The second-order valence-electron chi connectivity index (χ2n) is 4.15. The predicted octanol–water partition coefficient (Wildman–Crippen LogP) is 1.71. The Morgan fingerprint density at radius 2 is 2.00 bits per heavy atom. The molecule has 0 fully saturated rings. The summed E-state index contributed by atoms with van der Waals surface area (Å²) in [6.07, 6.45) is 1.02. The predicted molar refractivity (Wildman–Crippen MR) is 76.2 cm³/mol. The molecule has 0 aliphatic rings. The molecular weight excluding hydrogens is 320 g/mol. The van der Waals surface area contributed by atoms with Crippen molar-refractivity contribution in [3.8, 4) is 0 Å². The summed E-state index contributed by atoms with van der Waals surface area (Å²) in [4.78, 5) is 11.8. The van der Waals surface area contributed by atoms with Crippen LogP contribution in [0.25, 0.3) is 0 Å². The van der Waals surface area contributed by atoms with E-state index in [4.69, 9.17) is 5.73 Å². The Bertz CT molecular complexity index is 584. The molecule has 0 aromatic heterocycles. The first-order chi connectivity index (χ1) is 8.12. The lowest BCUT2D eigenvalue weighted by molar-refractivity contribution is -0.115. The summed E-state index contributed by atoms with van der Waals surface area (Å²) >= 11 is 3.29. The van der Waals surface area contributed by atoms with E-state index in [0.717, 1.165) is 11.8 Å². The van der Waals surface area contributed by atoms with Crippen molar-refractivity contribution < 1.29 is 13.2 Å². The molecule has 1 rings (SSSR count). The maximum Gasteiger partial charge on any atom is 0.242 e. The van der Waals surface area contributed by atoms with Crippen molar-refractivity contribution >= 4 is 43.0 Å². The zero-order valence-corrected chi connectivity index (χ0v) is 12.7. The lowest BCUT2D eigenvalue weighted by Crippen LogP contribution is -2.31. The molecule has 18 heavy (non-hydrogen) atoms. The molecule has 1 atom stereocenters. The zero-order valence-electron chi connectivity index (χ0n) is 10.3. The SMILES string of the molecule is Cc1cc(Br)c(NC(=O)C(C)S(C)(=O)=O)cc1N. The summed E-state index contributed by atoms with van der Waals surface area (Å²) in [5.41, 5.74) is 7.59. The van der Waals surface area contributed by atoms with E-state index in [1.165, 1.54) is 6.92 Å².